The Labute approximate surface area is 95.2 Å². The molecule has 88 valence electrons. The summed E-state index contributed by atoms with van der Waals surface area (Å²) >= 11 is 0. The number of nitrogens with zero attached hydrogens (tertiary/aromatic N) is 1. The molecule has 3 unspecified atom stereocenters. The van der Waals surface area contributed by atoms with Gasteiger partial charge >= 0.3 is 0 Å². The fourth-order valence-electron chi connectivity index (χ4n) is 3.12. The molecule has 2 N–H and O–H groups in total. The Morgan fingerprint density at radius 2 is 1.69 bits per heavy atom. The van der Waals surface area contributed by atoms with Crippen molar-refractivity contribution in [3.63, 3.8) is 0 Å². The van der Waals surface area contributed by atoms with E-state index in [1.165, 1.54) is 4.90 Å². The van der Waals surface area contributed by atoms with Crippen LogP contribution in [-0.4, -0.2) is 29.3 Å². The first-order valence-electron chi connectivity index (χ1n) is 6.29. The van der Waals surface area contributed by atoms with E-state index in [2.05, 4.69) is 0 Å². The van der Waals surface area contributed by atoms with Gasteiger partial charge in [0.1, 0.15) is 0 Å². The molecule has 2 aliphatic carbocycles. The molecule has 3 fully saturated rings. The number of amides is 2. The number of carbonyl (C=O) groups is 2. The van der Waals surface area contributed by atoms with Crippen molar-refractivity contribution >= 4 is 11.8 Å². The molecule has 3 aliphatic rings. The zero-order valence-corrected chi connectivity index (χ0v) is 9.39. The maximum atomic E-state index is 12.0. The number of hydrogen-bond donors (Lipinski definition) is 1. The standard InChI is InChI=1S/C12H18N2O2/c13-10(7-4-5-7)6-14-11(15)8-2-1-3-9(8)12(14)16/h7-10H,1-6,13H2. The Kier molecular flexibility index (Phi) is 2.28. The second-order valence-electron chi connectivity index (χ2n) is 5.43. The van der Waals surface area contributed by atoms with Crippen LogP contribution in [0.4, 0.5) is 0 Å². The third kappa shape index (κ3) is 1.47. The fraction of sp³-hybridized carbons (Fsp3) is 0.833. The quantitative estimate of drug-likeness (QED) is 0.708. The van der Waals surface area contributed by atoms with Crippen molar-refractivity contribution in [1.82, 2.24) is 4.90 Å². The molecular formula is C12H18N2O2. The summed E-state index contributed by atoms with van der Waals surface area (Å²) in [4.78, 5) is 25.5. The van der Waals surface area contributed by atoms with Gasteiger partial charge in [0.15, 0.2) is 0 Å². The van der Waals surface area contributed by atoms with Gasteiger partial charge in [-0.05, 0) is 31.6 Å². The molecule has 4 heteroatoms. The minimum Gasteiger partial charge on any atom is -0.326 e. The summed E-state index contributed by atoms with van der Waals surface area (Å²) < 4.78 is 0. The molecule has 0 bridgehead atoms. The smallest absolute Gasteiger partial charge is 0.233 e. The first-order valence-corrected chi connectivity index (χ1v) is 6.29. The second-order valence-corrected chi connectivity index (χ2v) is 5.43. The molecule has 3 atom stereocenters. The van der Waals surface area contributed by atoms with Gasteiger partial charge in [-0.1, -0.05) is 6.42 Å². The van der Waals surface area contributed by atoms with Gasteiger partial charge in [-0.3, -0.25) is 14.5 Å². The van der Waals surface area contributed by atoms with E-state index in [1.807, 2.05) is 0 Å². The zero-order chi connectivity index (χ0) is 11.3. The summed E-state index contributed by atoms with van der Waals surface area (Å²) in [5, 5.41) is 0. The molecule has 0 radical (unpaired) electrons. The van der Waals surface area contributed by atoms with E-state index in [-0.39, 0.29) is 29.7 Å². The lowest BCUT2D eigenvalue weighted by atomic mass is 10.00. The number of hydrogen-bond acceptors (Lipinski definition) is 3. The minimum atomic E-state index is -0.0149. The number of imide groups is 1. The van der Waals surface area contributed by atoms with Crippen LogP contribution in [0.2, 0.25) is 0 Å². The maximum Gasteiger partial charge on any atom is 0.233 e. The van der Waals surface area contributed by atoms with Gasteiger partial charge in [0.05, 0.1) is 11.8 Å². The number of fused-ring (bicyclic) bond motifs is 1. The van der Waals surface area contributed by atoms with Gasteiger partial charge in [0.25, 0.3) is 0 Å². The molecule has 3 rings (SSSR count). The lowest BCUT2D eigenvalue weighted by molar-refractivity contribution is -0.140. The Morgan fingerprint density at radius 1 is 1.12 bits per heavy atom. The van der Waals surface area contributed by atoms with Crippen LogP contribution in [0, 0.1) is 17.8 Å². The van der Waals surface area contributed by atoms with Crippen LogP contribution in [0.5, 0.6) is 0 Å². The first kappa shape index (κ1) is 10.3. The SMILES string of the molecule is NC(CN1C(=O)C2CCCC2C1=O)C1CC1. The topological polar surface area (TPSA) is 63.4 Å². The lowest BCUT2D eigenvalue weighted by Gasteiger charge is -2.20. The molecule has 1 saturated heterocycles. The Balaban J connectivity index is 1.70. The number of carbonyl (C=O) groups excluding carboxylic acids is 2. The van der Waals surface area contributed by atoms with Crippen LogP contribution in [0.3, 0.4) is 0 Å². The third-order valence-electron chi connectivity index (χ3n) is 4.30. The molecular weight excluding hydrogens is 204 g/mol. The average molecular weight is 222 g/mol. The van der Waals surface area contributed by atoms with Crippen LogP contribution in [0.1, 0.15) is 32.1 Å². The van der Waals surface area contributed by atoms with Gasteiger partial charge in [0, 0.05) is 12.6 Å². The molecule has 1 heterocycles. The number of likely N-dealkylation sites (tertiary alicyclic amines) is 1. The predicted molar refractivity (Wildman–Crippen MR) is 58.3 cm³/mol. The highest BCUT2D eigenvalue weighted by atomic mass is 16.2. The Hall–Kier alpha value is -0.900. The van der Waals surface area contributed by atoms with Gasteiger partial charge in [-0.15, -0.1) is 0 Å². The lowest BCUT2D eigenvalue weighted by Crippen LogP contribution is -2.42. The molecule has 4 nitrogen and oxygen atoms in total. The zero-order valence-electron chi connectivity index (χ0n) is 9.39. The molecule has 0 aromatic carbocycles. The highest BCUT2D eigenvalue weighted by Crippen LogP contribution is 2.40. The first-order chi connectivity index (χ1) is 7.68. The summed E-state index contributed by atoms with van der Waals surface area (Å²) in [5.74, 6) is 0.603. The van der Waals surface area contributed by atoms with Crippen molar-refractivity contribution in [1.29, 1.82) is 0 Å². The van der Waals surface area contributed by atoms with Crippen LogP contribution in [0.25, 0.3) is 0 Å². The van der Waals surface area contributed by atoms with Gasteiger partial charge < -0.3 is 5.73 Å². The Morgan fingerprint density at radius 3 is 2.19 bits per heavy atom. The summed E-state index contributed by atoms with van der Waals surface area (Å²) in [6.45, 7) is 0.454. The van der Waals surface area contributed by atoms with E-state index in [0.29, 0.717) is 12.5 Å². The Bertz CT molecular complexity index is 316. The van der Waals surface area contributed by atoms with Gasteiger partial charge in [0.2, 0.25) is 11.8 Å². The normalized spacial score (nSPS) is 35.7. The van der Waals surface area contributed by atoms with E-state index in [1.54, 1.807) is 0 Å². The third-order valence-corrected chi connectivity index (χ3v) is 4.30. The van der Waals surface area contributed by atoms with Crippen LogP contribution in [0.15, 0.2) is 0 Å². The molecule has 2 amide bonds. The van der Waals surface area contributed by atoms with E-state index in [0.717, 1.165) is 32.1 Å². The van der Waals surface area contributed by atoms with Crippen molar-refractivity contribution < 1.29 is 9.59 Å². The molecule has 1 aliphatic heterocycles. The molecule has 2 saturated carbocycles. The molecule has 16 heavy (non-hydrogen) atoms. The minimum absolute atomic E-state index is 0.00623. The summed E-state index contributed by atoms with van der Waals surface area (Å²) in [7, 11) is 0. The van der Waals surface area contributed by atoms with Crippen molar-refractivity contribution in [2.45, 2.75) is 38.1 Å². The largest absolute Gasteiger partial charge is 0.326 e. The fourth-order valence-corrected chi connectivity index (χ4v) is 3.12. The predicted octanol–water partition coefficient (Wildman–Crippen LogP) is 0.509. The summed E-state index contributed by atoms with van der Waals surface area (Å²) in [5.41, 5.74) is 5.99. The van der Waals surface area contributed by atoms with Crippen molar-refractivity contribution in [2.24, 2.45) is 23.5 Å². The maximum absolute atomic E-state index is 12.0. The average Bonchev–Trinajstić information content (AvgIpc) is 2.96. The van der Waals surface area contributed by atoms with E-state index in [9.17, 15) is 9.59 Å². The summed E-state index contributed by atoms with van der Waals surface area (Å²) in [6.07, 6.45) is 5.12. The van der Waals surface area contributed by atoms with Crippen LogP contribution < -0.4 is 5.73 Å². The van der Waals surface area contributed by atoms with Crippen molar-refractivity contribution in [2.75, 3.05) is 6.54 Å². The van der Waals surface area contributed by atoms with Gasteiger partial charge in [-0.2, -0.15) is 0 Å². The van der Waals surface area contributed by atoms with Crippen LogP contribution in [-0.2, 0) is 9.59 Å². The summed E-state index contributed by atoms with van der Waals surface area (Å²) in [6, 6.07) is 0.00623. The van der Waals surface area contributed by atoms with Crippen molar-refractivity contribution in [3.8, 4) is 0 Å². The van der Waals surface area contributed by atoms with Gasteiger partial charge in [-0.25, -0.2) is 0 Å². The van der Waals surface area contributed by atoms with Crippen LogP contribution >= 0.6 is 0 Å². The van der Waals surface area contributed by atoms with Crippen molar-refractivity contribution in [3.05, 3.63) is 0 Å². The number of nitrogens with two attached hydrogens (primary N) is 1. The molecule has 0 spiro atoms. The molecule has 0 aromatic rings. The van der Waals surface area contributed by atoms with E-state index in [4.69, 9.17) is 5.73 Å². The second kappa shape index (κ2) is 3.55. The molecule has 0 aromatic heterocycles. The highest BCUT2D eigenvalue weighted by molar-refractivity contribution is 6.05. The van der Waals surface area contributed by atoms with E-state index >= 15 is 0 Å². The van der Waals surface area contributed by atoms with E-state index < -0.39 is 0 Å². The number of rotatable bonds is 3. The monoisotopic (exact) mass is 222 g/mol. The highest BCUT2D eigenvalue weighted by Gasteiger charge is 2.50.